The number of carbonyl (C=O) groups is 4. The van der Waals surface area contributed by atoms with Crippen LogP contribution in [0.1, 0.15) is 66.0 Å². The van der Waals surface area contributed by atoms with Crippen LogP contribution in [0.25, 0.3) is 197 Å². The summed E-state index contributed by atoms with van der Waals surface area (Å²) in [6.45, 7) is 39.1. The number of nitrogens with zero attached hydrogens (tertiary/aromatic N) is 16. The lowest BCUT2D eigenvalue weighted by Crippen LogP contribution is -2.17. The number of pyridine rings is 8. The van der Waals surface area contributed by atoms with E-state index in [9.17, 15) is 19.2 Å². The molecule has 622 valence electrons. The predicted molar refractivity (Wildman–Crippen MR) is 495 cm³/mol. The van der Waals surface area contributed by atoms with Crippen LogP contribution in [0.3, 0.4) is 0 Å². The Kier molecular flexibility index (Phi) is 22.2. The second-order valence-corrected chi connectivity index (χ2v) is 31.5. The summed E-state index contributed by atoms with van der Waals surface area (Å²) in [5, 5.41) is 45.2. The van der Waals surface area contributed by atoms with Gasteiger partial charge in [-0.1, -0.05) is 89.2 Å². The lowest BCUT2D eigenvalue weighted by Gasteiger charge is -2.09. The van der Waals surface area contributed by atoms with Crippen molar-refractivity contribution in [1.82, 2.24) is 101 Å². The molecule has 0 aliphatic heterocycles. The number of benzene rings is 4. The molecule has 1 saturated carbocycles. The smallest absolute Gasteiger partial charge is 0.227 e. The molecule has 0 radical (unpaired) electrons. The number of amides is 3. The monoisotopic (exact) mass is 1680 g/mol. The van der Waals surface area contributed by atoms with Crippen molar-refractivity contribution in [3.8, 4) is 90.1 Å². The molecule has 1 fully saturated rings. The van der Waals surface area contributed by atoms with Gasteiger partial charge in [-0.2, -0.15) is 20.4 Å². The second kappa shape index (κ2) is 34.9. The maximum absolute atomic E-state index is 12.1. The minimum absolute atomic E-state index is 0.0350. The Morgan fingerprint density at radius 1 is 0.383 bits per heavy atom. The standard InChI is InChI=1S/C25H21N7O.C24H17N7O.C24H19N7O.C24H18N6O/c1-14(2)7-23(33)29-17-8-15(11-27-13-17)16-9-19-24(31-32-25(19)28-12-16)22-10-18-20(26-3)5-4-6-21(18)30-22;1-25-19-3-2-4-20-17(19)9-21(29-20)22-18-8-15(11-27-23(18)31-30-22)14-7-16(12-26-10-14)28-24(32)13-5-6-13;1-13(2)24(32)28-16-7-14(10-26-12-16)15-8-18-22(30-31-23(18)27-11-15)21-9-17-19(25-3)5-4-6-20(17)29-21;1-3-17(31)10-16-8-7-14(12-26-16)15-9-19-23(29-30-24(19)27-13-15)22-11-18-20(25-2)5-4-6-21(18)28-22/h4-6,8-14,30H,7H2,1-2H3,(H,29,33)(H,28,31,32);2-4,7-13,29H,5-6H2,(H,28,32)(H,27,30,31);4-13,29H,1-2H3,(H,28,32)(H,27,30,31);4-9,11-13,28H,3,10H2,1H3,(H,27,29,30). The van der Waals surface area contributed by atoms with Crippen molar-refractivity contribution >= 4 is 151 Å². The van der Waals surface area contributed by atoms with Gasteiger partial charge in [0.25, 0.3) is 0 Å². The van der Waals surface area contributed by atoms with Gasteiger partial charge in [-0.25, -0.2) is 39.3 Å². The van der Waals surface area contributed by atoms with E-state index in [1.807, 2.05) is 168 Å². The van der Waals surface area contributed by atoms with Crippen LogP contribution in [-0.2, 0) is 25.6 Å². The average molecular weight is 1680 g/mol. The number of Topliss-reactive ketones (excluding diaryl/α,β-unsaturated/α-hetero) is 1. The Labute approximate surface area is 728 Å². The molecule has 0 spiro atoms. The summed E-state index contributed by atoms with van der Waals surface area (Å²) in [5.74, 6) is 0.412. The SMILES string of the molecule is [C-]#[N+]c1cccc2[nH]c(-c3[nH]nc4ncc(-c5ccc(CC(=O)CC)nc5)cc34)cc12.[C-]#[N+]c1cccc2[nH]c(-c3[nH]nc4ncc(-c5cncc(NC(=O)C(C)C)c5)cc34)cc12.[C-]#[N+]c1cccc2[nH]c(-c3[nH]nc4ncc(-c5cncc(NC(=O)C6CC6)c5)cc34)cc12.[C-]#[N+]c1cccc2[nH]c(-c3[nH]nc4ncc(-c5cncc(NC(=O)CC(C)C)c5)cc34)cc12. The number of anilines is 3. The van der Waals surface area contributed by atoms with Gasteiger partial charge in [0.05, 0.1) is 107 Å². The average Bonchev–Trinajstić information content (AvgIpc) is 1.73. The van der Waals surface area contributed by atoms with Crippen LogP contribution in [0.15, 0.2) is 220 Å². The van der Waals surface area contributed by atoms with Crippen molar-refractivity contribution in [2.24, 2.45) is 17.8 Å². The third-order valence-electron chi connectivity index (χ3n) is 21.8. The molecule has 21 rings (SSSR count). The van der Waals surface area contributed by atoms with E-state index < -0.39 is 0 Å². The van der Waals surface area contributed by atoms with Crippen LogP contribution >= 0.6 is 0 Å². The van der Waals surface area contributed by atoms with Crippen LogP contribution in [0.2, 0.25) is 0 Å². The van der Waals surface area contributed by atoms with E-state index in [0.29, 0.717) is 81.7 Å². The van der Waals surface area contributed by atoms with Crippen molar-refractivity contribution in [2.75, 3.05) is 16.0 Å². The summed E-state index contributed by atoms with van der Waals surface area (Å²) < 4.78 is 0. The molecule has 20 aromatic rings. The minimum atomic E-state index is -0.121. The molecule has 1 aliphatic rings. The first-order valence-corrected chi connectivity index (χ1v) is 41.0. The molecule has 3 amide bonds. The van der Waals surface area contributed by atoms with E-state index in [4.69, 9.17) is 26.3 Å². The number of carbonyl (C=O) groups excluding carboxylic acids is 4. The topological polar surface area (TPSA) is 403 Å². The Morgan fingerprint density at radius 2 is 0.719 bits per heavy atom. The maximum atomic E-state index is 12.1. The first-order valence-electron chi connectivity index (χ1n) is 41.0. The van der Waals surface area contributed by atoms with E-state index in [2.05, 4.69) is 136 Å². The van der Waals surface area contributed by atoms with Gasteiger partial charge in [0, 0.05) is 196 Å². The number of aromatic amines is 8. The highest BCUT2D eigenvalue weighted by atomic mass is 16.2. The highest BCUT2D eigenvalue weighted by molar-refractivity contribution is 6.06. The first kappa shape index (κ1) is 81.2. The number of ketones is 1. The van der Waals surface area contributed by atoms with Crippen molar-refractivity contribution < 1.29 is 19.2 Å². The van der Waals surface area contributed by atoms with E-state index in [-0.39, 0.29) is 41.3 Å². The Bertz CT molecular complexity index is 7710. The van der Waals surface area contributed by atoms with Crippen molar-refractivity contribution in [2.45, 2.75) is 66.7 Å². The number of hydrogen-bond acceptors (Lipinski definition) is 16. The summed E-state index contributed by atoms with van der Waals surface area (Å²) >= 11 is 0. The van der Waals surface area contributed by atoms with Crippen LogP contribution in [0.4, 0.5) is 39.8 Å². The van der Waals surface area contributed by atoms with Gasteiger partial charge in [-0.05, 0) is 116 Å². The molecule has 1 aliphatic carbocycles. The quantitative estimate of drug-likeness (QED) is 0.0356. The number of H-pyrrole nitrogens is 8. The lowest BCUT2D eigenvalue weighted by atomic mass is 10.1. The summed E-state index contributed by atoms with van der Waals surface area (Å²) in [6, 6.07) is 47.8. The lowest BCUT2D eigenvalue weighted by molar-refractivity contribution is -0.119. The number of nitrogens with one attached hydrogen (secondary N) is 11. The number of hydrogen-bond donors (Lipinski definition) is 11. The molecule has 31 heteroatoms. The molecule has 4 aromatic carbocycles. The van der Waals surface area contributed by atoms with Crippen molar-refractivity contribution in [3.05, 3.63) is 271 Å². The fraction of sp³-hybridized carbons (Fsp3) is 0.134. The molecule has 0 saturated heterocycles. The molecule has 16 heterocycles. The van der Waals surface area contributed by atoms with Gasteiger partial charge in [-0.15, -0.1) is 0 Å². The molecule has 31 nitrogen and oxygen atoms in total. The molecule has 0 unspecified atom stereocenters. The largest absolute Gasteiger partial charge is 0.354 e. The second-order valence-electron chi connectivity index (χ2n) is 31.5. The number of aromatic nitrogens is 20. The third kappa shape index (κ3) is 16.9. The van der Waals surface area contributed by atoms with Gasteiger partial charge in [0.2, 0.25) is 17.7 Å². The zero-order chi connectivity index (χ0) is 88.2. The van der Waals surface area contributed by atoms with Gasteiger partial charge in [-0.3, -0.25) is 59.5 Å². The summed E-state index contributed by atoms with van der Waals surface area (Å²) in [5.41, 5.74) is 24.5. The highest BCUT2D eigenvalue weighted by Crippen LogP contribution is 2.41. The van der Waals surface area contributed by atoms with Gasteiger partial charge in [0.1, 0.15) is 5.78 Å². The van der Waals surface area contributed by atoms with E-state index >= 15 is 0 Å². The number of rotatable bonds is 18. The van der Waals surface area contributed by atoms with Crippen molar-refractivity contribution in [3.63, 3.8) is 0 Å². The van der Waals surface area contributed by atoms with Gasteiger partial charge >= 0.3 is 0 Å². The van der Waals surface area contributed by atoms with Crippen molar-refractivity contribution in [1.29, 1.82) is 0 Å². The Balaban J connectivity index is 0.000000115. The first-order chi connectivity index (χ1) is 62.4. The molecule has 16 aromatic heterocycles. The van der Waals surface area contributed by atoms with E-state index in [0.717, 1.165) is 174 Å². The zero-order valence-corrected chi connectivity index (χ0v) is 69.3. The molecule has 128 heavy (non-hydrogen) atoms. The van der Waals surface area contributed by atoms with Crippen LogP contribution in [-0.4, -0.2) is 124 Å². The maximum Gasteiger partial charge on any atom is 0.227 e. The summed E-state index contributed by atoms with van der Waals surface area (Å²) in [7, 11) is 0. The summed E-state index contributed by atoms with van der Waals surface area (Å²) in [4.78, 5) is 111. The molecular weight excluding hydrogens is 1610 g/mol. The number of fused-ring (bicyclic) bond motifs is 8. The van der Waals surface area contributed by atoms with Crippen LogP contribution in [0, 0.1) is 44.0 Å². The molecule has 0 bridgehead atoms. The normalized spacial score (nSPS) is 11.7. The van der Waals surface area contributed by atoms with Gasteiger partial charge in [0.15, 0.2) is 45.3 Å². The van der Waals surface area contributed by atoms with Gasteiger partial charge < -0.3 is 35.9 Å². The van der Waals surface area contributed by atoms with Crippen LogP contribution < -0.4 is 16.0 Å². The fourth-order valence-corrected chi connectivity index (χ4v) is 15.0. The highest BCUT2D eigenvalue weighted by Gasteiger charge is 2.30. The Morgan fingerprint density at radius 3 is 1.04 bits per heavy atom. The third-order valence-corrected chi connectivity index (χ3v) is 21.8. The predicted octanol–water partition coefficient (Wildman–Crippen LogP) is 21.3. The fourth-order valence-electron chi connectivity index (χ4n) is 15.0. The molecule has 11 N–H and O–H groups in total. The minimum Gasteiger partial charge on any atom is -0.354 e. The summed E-state index contributed by atoms with van der Waals surface area (Å²) in [6.07, 6.45) is 22.1. The molecule has 0 atom stereocenters. The van der Waals surface area contributed by atoms with E-state index in [1.54, 1.807) is 86.4 Å². The van der Waals surface area contributed by atoms with E-state index in [1.165, 1.54) is 0 Å². The van der Waals surface area contributed by atoms with Crippen LogP contribution in [0.5, 0.6) is 0 Å². The molecular formula is C97H75N27O4. The Hall–Kier alpha value is -17.8. The zero-order valence-electron chi connectivity index (χ0n) is 69.3.